The highest BCUT2D eigenvalue weighted by Crippen LogP contribution is 2.31. The monoisotopic (exact) mass is 294 g/mol. The second-order valence-electron chi connectivity index (χ2n) is 4.83. The second-order valence-corrected chi connectivity index (χ2v) is 5.89. The van der Waals surface area contributed by atoms with E-state index in [2.05, 4.69) is 15.5 Å². The van der Waals surface area contributed by atoms with Crippen LogP contribution in [0.15, 0.2) is 16.7 Å². The summed E-state index contributed by atoms with van der Waals surface area (Å²) in [5.74, 6) is 1.57. The van der Waals surface area contributed by atoms with Gasteiger partial charge in [-0.05, 0) is 37.9 Å². The maximum Gasteiger partial charge on any atom is 0.324 e. The number of aromatic nitrogens is 2. The molecule has 1 aliphatic heterocycles. The average Bonchev–Trinajstić information content (AvgIpc) is 3.08. The van der Waals surface area contributed by atoms with E-state index in [1.807, 2.05) is 0 Å². The van der Waals surface area contributed by atoms with Crippen LogP contribution in [0.1, 0.15) is 18.7 Å². The Bertz CT molecular complexity index is 603. The van der Waals surface area contributed by atoms with Crippen LogP contribution in [0.5, 0.6) is 0 Å². The molecule has 0 aliphatic carbocycles. The van der Waals surface area contributed by atoms with E-state index in [0.29, 0.717) is 22.5 Å². The molecule has 0 bridgehead atoms. The van der Waals surface area contributed by atoms with Gasteiger partial charge in [0.05, 0.1) is 9.80 Å². The van der Waals surface area contributed by atoms with Crippen molar-refractivity contribution in [3.05, 3.63) is 28.1 Å². The standard InChI is InChI=1S/C12H14N4O3S/c17-16(18)11-4-3-9(20-11)12-14-10(15-19-12)6-8-2-1-5-13-7-8/h3-4,8,13H,1-2,5-7H2. The van der Waals surface area contributed by atoms with Crippen LogP contribution < -0.4 is 5.32 Å². The highest BCUT2D eigenvalue weighted by Gasteiger charge is 2.19. The number of piperidine rings is 1. The Morgan fingerprint density at radius 2 is 2.45 bits per heavy atom. The molecule has 3 heterocycles. The van der Waals surface area contributed by atoms with E-state index in [4.69, 9.17) is 4.52 Å². The molecule has 0 amide bonds. The molecule has 1 N–H and O–H groups in total. The smallest absolute Gasteiger partial charge is 0.324 e. The fraction of sp³-hybridized carbons (Fsp3) is 0.500. The Hall–Kier alpha value is -1.80. The van der Waals surface area contributed by atoms with Gasteiger partial charge in [0.15, 0.2) is 5.82 Å². The lowest BCUT2D eigenvalue weighted by molar-refractivity contribution is -0.380. The maximum absolute atomic E-state index is 10.7. The van der Waals surface area contributed by atoms with Gasteiger partial charge in [-0.15, -0.1) is 0 Å². The molecule has 1 unspecified atom stereocenters. The first-order valence-corrected chi connectivity index (χ1v) is 7.32. The predicted molar refractivity (Wildman–Crippen MR) is 73.6 cm³/mol. The Labute approximate surface area is 119 Å². The lowest BCUT2D eigenvalue weighted by Crippen LogP contribution is -2.31. The van der Waals surface area contributed by atoms with Crippen LogP contribution in [0.2, 0.25) is 0 Å². The van der Waals surface area contributed by atoms with Crippen LogP contribution in [0.25, 0.3) is 10.8 Å². The van der Waals surface area contributed by atoms with Crippen LogP contribution in [-0.4, -0.2) is 28.2 Å². The van der Waals surface area contributed by atoms with E-state index < -0.39 is 4.92 Å². The van der Waals surface area contributed by atoms with E-state index in [1.54, 1.807) is 6.07 Å². The lowest BCUT2D eigenvalue weighted by atomic mass is 9.96. The van der Waals surface area contributed by atoms with Crippen molar-refractivity contribution in [3.63, 3.8) is 0 Å². The van der Waals surface area contributed by atoms with Gasteiger partial charge in [-0.1, -0.05) is 16.5 Å². The number of nitro groups is 1. The Morgan fingerprint density at radius 1 is 1.55 bits per heavy atom. The van der Waals surface area contributed by atoms with Crippen molar-refractivity contribution >= 4 is 16.3 Å². The molecule has 20 heavy (non-hydrogen) atoms. The molecular weight excluding hydrogens is 280 g/mol. The van der Waals surface area contributed by atoms with Crippen molar-refractivity contribution in [2.75, 3.05) is 13.1 Å². The molecule has 106 valence electrons. The van der Waals surface area contributed by atoms with E-state index in [1.165, 1.54) is 18.9 Å². The zero-order chi connectivity index (χ0) is 13.9. The first kappa shape index (κ1) is 13.2. The van der Waals surface area contributed by atoms with Crippen molar-refractivity contribution in [2.24, 2.45) is 5.92 Å². The summed E-state index contributed by atoms with van der Waals surface area (Å²) >= 11 is 1.05. The lowest BCUT2D eigenvalue weighted by Gasteiger charge is -2.20. The van der Waals surface area contributed by atoms with Gasteiger partial charge in [-0.25, -0.2) is 0 Å². The minimum atomic E-state index is -0.418. The zero-order valence-electron chi connectivity index (χ0n) is 10.7. The summed E-state index contributed by atoms with van der Waals surface area (Å²) in [6.07, 6.45) is 3.12. The van der Waals surface area contributed by atoms with Crippen molar-refractivity contribution in [1.29, 1.82) is 0 Å². The van der Waals surface area contributed by atoms with E-state index >= 15 is 0 Å². The molecule has 2 aromatic heterocycles. The van der Waals surface area contributed by atoms with Crippen molar-refractivity contribution in [1.82, 2.24) is 15.5 Å². The first-order valence-electron chi connectivity index (χ1n) is 6.50. The Kier molecular flexibility index (Phi) is 3.75. The van der Waals surface area contributed by atoms with Gasteiger partial charge < -0.3 is 9.84 Å². The summed E-state index contributed by atoms with van der Waals surface area (Å²) in [4.78, 5) is 15.2. The van der Waals surface area contributed by atoms with Gasteiger partial charge in [0.2, 0.25) is 0 Å². The zero-order valence-corrected chi connectivity index (χ0v) is 11.6. The van der Waals surface area contributed by atoms with Gasteiger partial charge in [0, 0.05) is 12.5 Å². The number of hydrogen-bond acceptors (Lipinski definition) is 7. The molecule has 0 aromatic carbocycles. The Morgan fingerprint density at radius 3 is 3.15 bits per heavy atom. The molecule has 0 spiro atoms. The Balaban J connectivity index is 1.70. The molecular formula is C12H14N4O3S. The van der Waals surface area contributed by atoms with Gasteiger partial charge >= 0.3 is 5.00 Å². The van der Waals surface area contributed by atoms with Gasteiger partial charge in [0.25, 0.3) is 5.89 Å². The number of rotatable bonds is 4. The van der Waals surface area contributed by atoms with Crippen LogP contribution in [-0.2, 0) is 6.42 Å². The quantitative estimate of drug-likeness (QED) is 0.686. The van der Waals surface area contributed by atoms with Gasteiger partial charge in [0.1, 0.15) is 0 Å². The maximum atomic E-state index is 10.7. The van der Waals surface area contributed by atoms with E-state index in [-0.39, 0.29) is 5.00 Å². The summed E-state index contributed by atoms with van der Waals surface area (Å²) in [5.41, 5.74) is 0. The molecule has 1 atom stereocenters. The first-order chi connectivity index (χ1) is 9.72. The minimum absolute atomic E-state index is 0.0798. The molecule has 1 saturated heterocycles. The van der Waals surface area contributed by atoms with Crippen molar-refractivity contribution in [3.8, 4) is 10.8 Å². The average molecular weight is 294 g/mol. The third-order valence-corrected chi connectivity index (χ3v) is 4.35. The van der Waals surface area contributed by atoms with Crippen LogP contribution >= 0.6 is 11.3 Å². The van der Waals surface area contributed by atoms with Gasteiger partial charge in [-0.3, -0.25) is 10.1 Å². The predicted octanol–water partition coefficient (Wildman–Crippen LogP) is 2.25. The molecule has 8 heteroatoms. The van der Waals surface area contributed by atoms with E-state index in [9.17, 15) is 10.1 Å². The van der Waals surface area contributed by atoms with Crippen LogP contribution in [0.4, 0.5) is 5.00 Å². The topological polar surface area (TPSA) is 94.1 Å². The normalized spacial score (nSPS) is 19.1. The second kappa shape index (κ2) is 5.68. The molecule has 1 fully saturated rings. The molecule has 0 saturated carbocycles. The third-order valence-electron chi connectivity index (χ3n) is 3.32. The number of nitrogens with zero attached hydrogens (tertiary/aromatic N) is 3. The molecule has 2 aromatic rings. The highest BCUT2D eigenvalue weighted by molar-refractivity contribution is 7.18. The largest absolute Gasteiger partial charge is 0.333 e. The number of nitrogens with one attached hydrogen (secondary N) is 1. The highest BCUT2D eigenvalue weighted by atomic mass is 32.1. The summed E-state index contributed by atoms with van der Waals surface area (Å²) in [7, 11) is 0. The van der Waals surface area contributed by atoms with Crippen LogP contribution in [0.3, 0.4) is 0 Å². The third kappa shape index (κ3) is 2.86. The molecule has 7 nitrogen and oxygen atoms in total. The summed E-state index contributed by atoms with van der Waals surface area (Å²) in [6, 6.07) is 3.09. The SMILES string of the molecule is O=[N+]([O-])c1ccc(-c2nc(CC3CCCNC3)no2)s1. The van der Waals surface area contributed by atoms with Crippen molar-refractivity contribution in [2.45, 2.75) is 19.3 Å². The molecule has 3 rings (SSSR count). The summed E-state index contributed by atoms with van der Waals surface area (Å²) in [5, 5.41) is 18.0. The molecule has 0 radical (unpaired) electrons. The van der Waals surface area contributed by atoms with Crippen molar-refractivity contribution < 1.29 is 9.45 Å². The fourth-order valence-corrected chi connectivity index (χ4v) is 3.08. The summed E-state index contributed by atoms with van der Waals surface area (Å²) < 4.78 is 5.19. The fourth-order valence-electron chi connectivity index (χ4n) is 2.33. The van der Waals surface area contributed by atoms with Gasteiger partial charge in [-0.2, -0.15) is 4.98 Å². The van der Waals surface area contributed by atoms with Crippen LogP contribution in [0, 0.1) is 16.0 Å². The molecule has 1 aliphatic rings. The number of thiophene rings is 1. The van der Waals surface area contributed by atoms with E-state index in [0.717, 1.165) is 30.8 Å². The minimum Gasteiger partial charge on any atom is -0.333 e. The summed E-state index contributed by atoms with van der Waals surface area (Å²) in [6.45, 7) is 2.06. The number of hydrogen-bond donors (Lipinski definition) is 1.